The first-order chi connectivity index (χ1) is 11.3. The summed E-state index contributed by atoms with van der Waals surface area (Å²) >= 11 is 6.21. The van der Waals surface area contributed by atoms with Crippen LogP contribution >= 0.6 is 11.6 Å². The van der Waals surface area contributed by atoms with Gasteiger partial charge in [-0.1, -0.05) is 23.7 Å². The lowest BCUT2D eigenvalue weighted by atomic mass is 9.94. The molecule has 120 valence electrons. The Balaban J connectivity index is 1.74. The number of anilines is 1. The zero-order chi connectivity index (χ0) is 15.6. The average Bonchev–Trinajstić information content (AvgIpc) is 2.61. The van der Waals surface area contributed by atoms with E-state index in [2.05, 4.69) is 27.0 Å². The van der Waals surface area contributed by atoms with Crippen LogP contribution in [0.2, 0.25) is 5.02 Å². The van der Waals surface area contributed by atoms with Gasteiger partial charge in [0.05, 0.1) is 24.9 Å². The van der Waals surface area contributed by atoms with Gasteiger partial charge in [-0.15, -0.1) is 0 Å². The predicted molar refractivity (Wildman–Crippen MR) is 90.8 cm³/mol. The van der Waals surface area contributed by atoms with Crippen LogP contribution in [0.5, 0.6) is 0 Å². The molecule has 2 aromatic rings. The second-order valence-corrected chi connectivity index (χ2v) is 6.62. The smallest absolute Gasteiger partial charge is 0.138 e. The van der Waals surface area contributed by atoms with E-state index in [-0.39, 0.29) is 0 Å². The van der Waals surface area contributed by atoms with Crippen molar-refractivity contribution in [1.29, 1.82) is 0 Å². The lowest BCUT2D eigenvalue weighted by Gasteiger charge is -2.38. The molecule has 23 heavy (non-hydrogen) atoms. The minimum Gasteiger partial charge on any atom is -0.376 e. The number of hydrogen-bond donors (Lipinski definition) is 0. The number of nitrogens with zero attached hydrogens (tertiary/aromatic N) is 3. The zero-order valence-corrected chi connectivity index (χ0v) is 13.8. The molecule has 2 aliphatic heterocycles. The van der Waals surface area contributed by atoms with Crippen LogP contribution in [0.4, 0.5) is 5.82 Å². The number of halogens is 1. The van der Waals surface area contributed by atoms with Gasteiger partial charge in [0.1, 0.15) is 12.1 Å². The van der Waals surface area contributed by atoms with Crippen LogP contribution < -0.4 is 4.90 Å². The third-order valence-electron chi connectivity index (χ3n) is 4.75. The van der Waals surface area contributed by atoms with Gasteiger partial charge in [0.25, 0.3) is 0 Å². The Morgan fingerprint density at radius 1 is 1.22 bits per heavy atom. The van der Waals surface area contributed by atoms with Gasteiger partial charge >= 0.3 is 0 Å². The molecule has 0 spiro atoms. The molecule has 1 aromatic carbocycles. The third kappa shape index (κ3) is 2.93. The van der Waals surface area contributed by atoms with Crippen molar-refractivity contribution in [2.45, 2.75) is 38.3 Å². The van der Waals surface area contributed by atoms with Crippen LogP contribution in [-0.2, 0) is 17.8 Å². The van der Waals surface area contributed by atoms with Crippen LogP contribution in [0, 0.1) is 0 Å². The maximum atomic E-state index is 6.21. The number of ether oxygens (including phenoxy) is 1. The molecule has 1 saturated heterocycles. The maximum Gasteiger partial charge on any atom is 0.138 e. The number of hydrogen-bond acceptors (Lipinski definition) is 4. The molecule has 0 N–H and O–H groups in total. The van der Waals surface area contributed by atoms with Crippen molar-refractivity contribution in [2.24, 2.45) is 0 Å². The second-order valence-electron chi connectivity index (χ2n) is 6.19. The van der Waals surface area contributed by atoms with Crippen LogP contribution in [-0.4, -0.2) is 23.1 Å². The Bertz CT molecular complexity index is 706. The minimum absolute atomic E-state index is 0.323. The average molecular weight is 330 g/mol. The summed E-state index contributed by atoms with van der Waals surface area (Å²) in [5.74, 6) is 1.04. The molecule has 4 rings (SSSR count). The molecule has 5 heteroatoms. The van der Waals surface area contributed by atoms with E-state index in [1.807, 2.05) is 12.1 Å². The molecule has 1 fully saturated rings. The number of aromatic nitrogens is 2. The molecule has 2 aliphatic rings. The van der Waals surface area contributed by atoms with Crippen LogP contribution in [0.25, 0.3) is 0 Å². The molecule has 3 heterocycles. The first-order valence-corrected chi connectivity index (χ1v) is 8.63. The summed E-state index contributed by atoms with van der Waals surface area (Å²) in [6.45, 7) is 2.38. The predicted octanol–water partition coefficient (Wildman–Crippen LogP) is 3.93. The molecule has 0 bridgehead atoms. The van der Waals surface area contributed by atoms with E-state index >= 15 is 0 Å². The van der Waals surface area contributed by atoms with Crippen LogP contribution in [0.15, 0.2) is 30.6 Å². The fourth-order valence-corrected chi connectivity index (χ4v) is 3.84. The van der Waals surface area contributed by atoms with Crippen molar-refractivity contribution >= 4 is 17.4 Å². The molecular weight excluding hydrogens is 310 g/mol. The standard InChI is InChI=1S/C18H20ClN3O/c19-14-5-3-4-13(10-14)17-6-1-2-8-22(17)18-15-11-23-9-7-16(15)20-12-21-18/h3-5,10,12,17H,1-2,6-9,11H2. The zero-order valence-electron chi connectivity index (χ0n) is 13.0. The van der Waals surface area contributed by atoms with Gasteiger partial charge < -0.3 is 9.64 Å². The lowest BCUT2D eigenvalue weighted by Crippen LogP contribution is -2.35. The van der Waals surface area contributed by atoms with Crippen molar-refractivity contribution in [1.82, 2.24) is 9.97 Å². The molecule has 0 radical (unpaired) electrons. The number of fused-ring (bicyclic) bond motifs is 1. The van der Waals surface area contributed by atoms with Gasteiger partial charge in [-0.2, -0.15) is 0 Å². The largest absolute Gasteiger partial charge is 0.376 e. The maximum absolute atomic E-state index is 6.21. The highest BCUT2D eigenvalue weighted by molar-refractivity contribution is 6.30. The molecule has 1 unspecified atom stereocenters. The SMILES string of the molecule is Clc1cccc(C2CCCCN2c2ncnc3c2COCC3)c1. The summed E-state index contributed by atoms with van der Waals surface area (Å²) in [4.78, 5) is 11.5. The summed E-state index contributed by atoms with van der Waals surface area (Å²) in [6.07, 6.45) is 6.12. The summed E-state index contributed by atoms with van der Waals surface area (Å²) in [7, 11) is 0. The Labute approximate surface area is 141 Å². The van der Waals surface area contributed by atoms with Crippen LogP contribution in [0.1, 0.15) is 42.1 Å². The van der Waals surface area contributed by atoms with Gasteiger partial charge in [0, 0.05) is 23.6 Å². The Morgan fingerprint density at radius 2 is 2.17 bits per heavy atom. The van der Waals surface area contributed by atoms with E-state index < -0.39 is 0 Å². The normalized spacial score (nSPS) is 21.1. The first kappa shape index (κ1) is 14.9. The van der Waals surface area contributed by atoms with Crippen molar-refractivity contribution in [3.05, 3.63) is 52.4 Å². The lowest BCUT2D eigenvalue weighted by molar-refractivity contribution is 0.109. The summed E-state index contributed by atoms with van der Waals surface area (Å²) < 4.78 is 5.66. The van der Waals surface area contributed by atoms with E-state index in [0.717, 1.165) is 48.1 Å². The highest BCUT2D eigenvalue weighted by Crippen LogP contribution is 2.37. The van der Waals surface area contributed by atoms with Crippen molar-refractivity contribution in [2.75, 3.05) is 18.1 Å². The molecule has 1 aromatic heterocycles. The van der Waals surface area contributed by atoms with Crippen molar-refractivity contribution < 1.29 is 4.74 Å². The third-order valence-corrected chi connectivity index (χ3v) is 4.98. The monoisotopic (exact) mass is 329 g/mol. The van der Waals surface area contributed by atoms with Crippen LogP contribution in [0.3, 0.4) is 0 Å². The van der Waals surface area contributed by atoms with E-state index in [1.165, 1.54) is 18.4 Å². The summed E-state index contributed by atoms with van der Waals surface area (Å²) in [5, 5.41) is 0.793. The molecule has 4 nitrogen and oxygen atoms in total. The summed E-state index contributed by atoms with van der Waals surface area (Å²) in [5.41, 5.74) is 3.56. The number of benzene rings is 1. The Hall–Kier alpha value is -1.65. The van der Waals surface area contributed by atoms with Crippen molar-refractivity contribution in [3.8, 4) is 0 Å². The van der Waals surface area contributed by atoms with Gasteiger partial charge in [-0.05, 0) is 37.0 Å². The second kappa shape index (κ2) is 6.46. The topological polar surface area (TPSA) is 38.2 Å². The molecule has 0 amide bonds. The van der Waals surface area contributed by atoms with E-state index in [0.29, 0.717) is 12.6 Å². The molecule has 0 aliphatic carbocycles. The molecule has 0 saturated carbocycles. The highest BCUT2D eigenvalue weighted by atomic mass is 35.5. The number of piperidine rings is 1. The quantitative estimate of drug-likeness (QED) is 0.836. The number of rotatable bonds is 2. The van der Waals surface area contributed by atoms with E-state index in [1.54, 1.807) is 6.33 Å². The fraction of sp³-hybridized carbons (Fsp3) is 0.444. The summed E-state index contributed by atoms with van der Waals surface area (Å²) in [6, 6.07) is 8.53. The fourth-order valence-electron chi connectivity index (χ4n) is 3.64. The highest BCUT2D eigenvalue weighted by Gasteiger charge is 2.29. The molecular formula is C18H20ClN3O. The van der Waals surface area contributed by atoms with E-state index in [4.69, 9.17) is 16.3 Å². The van der Waals surface area contributed by atoms with E-state index in [9.17, 15) is 0 Å². The molecule has 1 atom stereocenters. The minimum atomic E-state index is 0.323. The van der Waals surface area contributed by atoms with Crippen molar-refractivity contribution in [3.63, 3.8) is 0 Å². The van der Waals surface area contributed by atoms with Gasteiger partial charge in [0.15, 0.2) is 0 Å². The first-order valence-electron chi connectivity index (χ1n) is 8.25. The Morgan fingerprint density at radius 3 is 3.09 bits per heavy atom. The Kier molecular flexibility index (Phi) is 4.19. The van der Waals surface area contributed by atoms with Gasteiger partial charge in [0.2, 0.25) is 0 Å². The van der Waals surface area contributed by atoms with Gasteiger partial charge in [-0.25, -0.2) is 9.97 Å². The van der Waals surface area contributed by atoms with Gasteiger partial charge in [-0.3, -0.25) is 0 Å².